The number of nitrogens with one attached hydrogen (secondary N) is 1. The quantitative estimate of drug-likeness (QED) is 0.525. The molecule has 2 aromatic rings. The summed E-state index contributed by atoms with van der Waals surface area (Å²) in [6.45, 7) is 0.748. The van der Waals surface area contributed by atoms with E-state index in [1.807, 2.05) is 17.5 Å². The van der Waals surface area contributed by atoms with Gasteiger partial charge in [0.05, 0.1) is 16.5 Å². The first-order chi connectivity index (χ1) is 13.9. The Morgan fingerprint density at radius 2 is 2.00 bits per heavy atom. The van der Waals surface area contributed by atoms with Gasteiger partial charge < -0.3 is 9.64 Å². The number of sulfonamides is 1. The van der Waals surface area contributed by atoms with Gasteiger partial charge in [0.2, 0.25) is 10.0 Å². The first-order valence-electron chi connectivity index (χ1n) is 8.87. The summed E-state index contributed by atoms with van der Waals surface area (Å²) >= 11 is 1.68. The second-order valence-electron chi connectivity index (χ2n) is 6.34. The SMILES string of the molecule is N#CCCNS(=O)(=O)c1ccc(C(=O)OCC(=O)N2CCc3sccc3C2)cc1. The molecular weight excluding hydrogens is 414 g/mol. The summed E-state index contributed by atoms with van der Waals surface area (Å²) in [5, 5.41) is 10.5. The van der Waals surface area contributed by atoms with Gasteiger partial charge in [-0.2, -0.15) is 5.26 Å². The number of esters is 1. The lowest BCUT2D eigenvalue weighted by Crippen LogP contribution is -2.38. The van der Waals surface area contributed by atoms with E-state index in [4.69, 9.17) is 10.00 Å². The molecule has 1 aliphatic rings. The molecular formula is C19H19N3O5S2. The van der Waals surface area contributed by atoms with Crippen molar-refractivity contribution in [2.75, 3.05) is 19.7 Å². The van der Waals surface area contributed by atoms with Crippen LogP contribution in [0.25, 0.3) is 0 Å². The van der Waals surface area contributed by atoms with E-state index < -0.39 is 16.0 Å². The van der Waals surface area contributed by atoms with E-state index in [1.54, 1.807) is 16.2 Å². The summed E-state index contributed by atoms with van der Waals surface area (Å²) in [6, 6.07) is 9.04. The molecule has 0 fully saturated rings. The third-order valence-electron chi connectivity index (χ3n) is 4.42. The molecule has 29 heavy (non-hydrogen) atoms. The maximum atomic E-state index is 12.3. The summed E-state index contributed by atoms with van der Waals surface area (Å²) in [6.07, 6.45) is 0.855. The summed E-state index contributed by atoms with van der Waals surface area (Å²) in [5.41, 5.74) is 1.27. The highest BCUT2D eigenvalue weighted by Gasteiger charge is 2.22. The van der Waals surface area contributed by atoms with Crippen molar-refractivity contribution in [1.82, 2.24) is 9.62 Å². The number of nitriles is 1. The molecule has 0 radical (unpaired) electrons. The number of nitrogens with zero attached hydrogens (tertiary/aromatic N) is 2. The van der Waals surface area contributed by atoms with Crippen molar-refractivity contribution < 1.29 is 22.7 Å². The van der Waals surface area contributed by atoms with Crippen LogP contribution in [0.15, 0.2) is 40.6 Å². The van der Waals surface area contributed by atoms with E-state index >= 15 is 0 Å². The number of benzene rings is 1. The number of carbonyl (C=O) groups is 2. The van der Waals surface area contributed by atoms with Gasteiger partial charge in [0.15, 0.2) is 6.61 Å². The van der Waals surface area contributed by atoms with Crippen LogP contribution in [0.5, 0.6) is 0 Å². The number of fused-ring (bicyclic) bond motifs is 1. The van der Waals surface area contributed by atoms with Crippen LogP contribution in [0.3, 0.4) is 0 Å². The van der Waals surface area contributed by atoms with Crippen molar-refractivity contribution in [2.45, 2.75) is 24.3 Å². The van der Waals surface area contributed by atoms with Crippen LogP contribution in [-0.4, -0.2) is 44.9 Å². The maximum Gasteiger partial charge on any atom is 0.338 e. The van der Waals surface area contributed by atoms with Gasteiger partial charge >= 0.3 is 5.97 Å². The molecule has 0 saturated heterocycles. The summed E-state index contributed by atoms with van der Waals surface area (Å²) in [5.74, 6) is -0.968. The predicted octanol–water partition coefficient (Wildman–Crippen LogP) is 1.68. The predicted molar refractivity (Wildman–Crippen MR) is 106 cm³/mol. The van der Waals surface area contributed by atoms with Crippen LogP contribution in [0, 0.1) is 11.3 Å². The van der Waals surface area contributed by atoms with Gasteiger partial charge in [0.1, 0.15) is 0 Å². The molecule has 0 aliphatic carbocycles. The average molecular weight is 434 g/mol. The number of amides is 1. The minimum absolute atomic E-state index is 0.00805. The van der Waals surface area contributed by atoms with E-state index in [-0.39, 0.29) is 35.9 Å². The molecule has 3 rings (SSSR count). The van der Waals surface area contributed by atoms with Crippen LogP contribution in [0.1, 0.15) is 27.2 Å². The maximum absolute atomic E-state index is 12.3. The molecule has 10 heteroatoms. The molecule has 1 aliphatic heterocycles. The number of thiophene rings is 1. The average Bonchev–Trinajstić information content (AvgIpc) is 3.20. The van der Waals surface area contributed by atoms with Crippen LogP contribution >= 0.6 is 11.3 Å². The number of hydrogen-bond donors (Lipinski definition) is 1. The highest BCUT2D eigenvalue weighted by Crippen LogP contribution is 2.24. The Balaban J connectivity index is 1.53. The summed E-state index contributed by atoms with van der Waals surface area (Å²) in [4.78, 5) is 27.4. The first kappa shape index (κ1) is 21.0. The third kappa shape index (κ3) is 5.20. The number of ether oxygens (including phenoxy) is 1. The molecule has 0 bridgehead atoms. The van der Waals surface area contributed by atoms with E-state index in [0.29, 0.717) is 13.1 Å². The molecule has 152 valence electrons. The van der Waals surface area contributed by atoms with Gasteiger partial charge in [-0.25, -0.2) is 17.9 Å². The van der Waals surface area contributed by atoms with Crippen molar-refractivity contribution in [3.63, 3.8) is 0 Å². The Hall–Kier alpha value is -2.74. The molecule has 1 N–H and O–H groups in total. The van der Waals surface area contributed by atoms with Gasteiger partial charge in [-0.3, -0.25) is 4.79 Å². The summed E-state index contributed by atoms with van der Waals surface area (Å²) < 4.78 is 31.5. The Morgan fingerprint density at radius 1 is 1.24 bits per heavy atom. The van der Waals surface area contributed by atoms with Crippen molar-refractivity contribution in [3.05, 3.63) is 51.7 Å². The molecule has 8 nitrogen and oxygen atoms in total. The molecule has 0 saturated carbocycles. The number of hydrogen-bond acceptors (Lipinski definition) is 7. The zero-order valence-electron chi connectivity index (χ0n) is 15.5. The minimum Gasteiger partial charge on any atom is -0.452 e. The zero-order chi connectivity index (χ0) is 20.9. The molecule has 0 atom stereocenters. The fraction of sp³-hybridized carbons (Fsp3) is 0.316. The van der Waals surface area contributed by atoms with E-state index in [1.165, 1.54) is 29.1 Å². The van der Waals surface area contributed by atoms with E-state index in [0.717, 1.165) is 12.0 Å². The van der Waals surface area contributed by atoms with Crippen LogP contribution in [0.2, 0.25) is 0 Å². The van der Waals surface area contributed by atoms with E-state index in [9.17, 15) is 18.0 Å². The normalized spacial score (nSPS) is 13.4. The van der Waals surface area contributed by atoms with Crippen molar-refractivity contribution in [2.24, 2.45) is 0 Å². The fourth-order valence-electron chi connectivity index (χ4n) is 2.86. The third-order valence-corrected chi connectivity index (χ3v) is 6.92. The van der Waals surface area contributed by atoms with E-state index in [2.05, 4.69) is 4.72 Å². The van der Waals surface area contributed by atoms with Gasteiger partial charge in [-0.05, 0) is 47.7 Å². The Morgan fingerprint density at radius 3 is 2.72 bits per heavy atom. The van der Waals surface area contributed by atoms with Crippen molar-refractivity contribution in [3.8, 4) is 6.07 Å². The minimum atomic E-state index is -3.75. The molecule has 2 heterocycles. The topological polar surface area (TPSA) is 117 Å². The molecule has 0 unspecified atom stereocenters. The number of rotatable bonds is 7. The largest absolute Gasteiger partial charge is 0.452 e. The highest BCUT2D eigenvalue weighted by molar-refractivity contribution is 7.89. The van der Waals surface area contributed by atoms with Crippen LogP contribution in [0.4, 0.5) is 0 Å². The second-order valence-corrected chi connectivity index (χ2v) is 9.11. The van der Waals surface area contributed by atoms with Crippen LogP contribution < -0.4 is 4.72 Å². The van der Waals surface area contributed by atoms with Crippen LogP contribution in [-0.2, 0) is 32.5 Å². The van der Waals surface area contributed by atoms with Gasteiger partial charge in [-0.15, -0.1) is 11.3 Å². The Labute approximate surface area is 172 Å². The lowest BCUT2D eigenvalue weighted by Gasteiger charge is -2.26. The molecule has 1 aromatic heterocycles. The lowest BCUT2D eigenvalue weighted by atomic mass is 10.1. The van der Waals surface area contributed by atoms with Gasteiger partial charge in [-0.1, -0.05) is 0 Å². The Kier molecular flexibility index (Phi) is 6.64. The molecule has 1 amide bonds. The fourth-order valence-corrected chi connectivity index (χ4v) is 4.78. The Bertz CT molecular complexity index is 1040. The standard InChI is InChI=1S/C19H19N3O5S2/c20-8-1-9-21-29(25,26)16-4-2-14(3-5-16)19(24)27-13-18(23)22-10-6-17-15(12-22)7-11-28-17/h2-5,7,11,21H,1,6,9-10,12-13H2. The van der Waals surface area contributed by atoms with Crippen molar-refractivity contribution in [1.29, 1.82) is 5.26 Å². The molecule has 1 aromatic carbocycles. The number of carbonyl (C=O) groups excluding carboxylic acids is 2. The highest BCUT2D eigenvalue weighted by atomic mass is 32.2. The van der Waals surface area contributed by atoms with Gasteiger partial charge in [0.25, 0.3) is 5.91 Å². The van der Waals surface area contributed by atoms with Crippen molar-refractivity contribution >= 4 is 33.2 Å². The van der Waals surface area contributed by atoms with Gasteiger partial charge in [0, 0.05) is 30.9 Å². The zero-order valence-corrected chi connectivity index (χ0v) is 17.1. The lowest BCUT2D eigenvalue weighted by molar-refractivity contribution is -0.135. The summed E-state index contributed by atoms with van der Waals surface area (Å²) in [7, 11) is -3.75. The molecule has 0 spiro atoms. The first-order valence-corrected chi connectivity index (χ1v) is 11.2. The smallest absolute Gasteiger partial charge is 0.338 e. The second kappa shape index (κ2) is 9.17. The monoisotopic (exact) mass is 433 g/mol.